The summed E-state index contributed by atoms with van der Waals surface area (Å²) in [6.45, 7) is 0. The minimum atomic E-state index is -4.98. The van der Waals surface area contributed by atoms with Gasteiger partial charge in [-0.15, -0.1) is 13.2 Å². The quantitative estimate of drug-likeness (QED) is 0.176. The van der Waals surface area contributed by atoms with Crippen molar-refractivity contribution < 1.29 is 22.7 Å². The molecule has 198 valence electrons. The summed E-state index contributed by atoms with van der Waals surface area (Å²) in [5.41, 5.74) is -0.131. The van der Waals surface area contributed by atoms with Gasteiger partial charge in [0.1, 0.15) is 23.1 Å². The number of hydrogen-bond acceptors (Lipinski definition) is 6. The first-order valence-electron chi connectivity index (χ1n) is 10.9. The number of alkyl halides is 3. The fraction of sp³-hybridized carbons (Fsp3) is 0.0769. The fourth-order valence-electron chi connectivity index (χ4n) is 3.43. The minimum Gasteiger partial charge on any atom is -0.405 e. The normalized spacial score (nSPS) is 11.1. The van der Waals surface area contributed by atoms with Crippen LogP contribution in [0.4, 0.5) is 18.9 Å². The Hall–Kier alpha value is -3.98. The standard InChI is InChI=1S/C26H15Cl2F3N4O3S/c27-19-9-8-15(11-20(19)28)23(36)33-16-5-3-4-14(10-16)13-39-25-34-22(18(12-32)24(37)35-25)17-6-1-2-7-21(17)38-26(29,30)31/h1-11H,13H2,(H,33,36)(H,34,35,37). The molecule has 7 nitrogen and oxygen atoms in total. The van der Waals surface area contributed by atoms with Crippen molar-refractivity contribution >= 4 is 46.6 Å². The molecule has 0 radical (unpaired) electrons. The van der Waals surface area contributed by atoms with E-state index in [9.17, 15) is 28.0 Å². The van der Waals surface area contributed by atoms with Crippen LogP contribution in [-0.4, -0.2) is 22.2 Å². The molecule has 0 atom stereocenters. The molecule has 4 aromatic rings. The van der Waals surface area contributed by atoms with E-state index in [0.29, 0.717) is 16.3 Å². The molecule has 13 heteroatoms. The summed E-state index contributed by atoms with van der Waals surface area (Å²) < 4.78 is 42.8. The topological polar surface area (TPSA) is 108 Å². The third kappa shape index (κ3) is 7.11. The van der Waals surface area contributed by atoms with Crippen molar-refractivity contribution in [3.8, 4) is 23.1 Å². The highest BCUT2D eigenvalue weighted by Crippen LogP contribution is 2.34. The molecule has 1 amide bonds. The van der Waals surface area contributed by atoms with Crippen LogP contribution in [0.1, 0.15) is 21.5 Å². The van der Waals surface area contributed by atoms with Crippen molar-refractivity contribution in [2.75, 3.05) is 5.32 Å². The van der Waals surface area contributed by atoms with Gasteiger partial charge in [0.15, 0.2) is 5.16 Å². The number of nitrogens with one attached hydrogen (secondary N) is 2. The molecule has 2 N–H and O–H groups in total. The number of nitriles is 1. The molecule has 0 saturated heterocycles. The van der Waals surface area contributed by atoms with Crippen LogP contribution < -0.4 is 15.6 Å². The van der Waals surface area contributed by atoms with E-state index in [1.807, 2.05) is 0 Å². The second-order valence-electron chi connectivity index (χ2n) is 7.82. The molecule has 0 fully saturated rings. The first-order chi connectivity index (χ1) is 18.5. The second kappa shape index (κ2) is 11.8. The number of aromatic nitrogens is 2. The fourth-order valence-corrected chi connectivity index (χ4v) is 4.53. The number of H-pyrrole nitrogens is 1. The number of para-hydroxylation sites is 1. The lowest BCUT2D eigenvalue weighted by molar-refractivity contribution is -0.274. The van der Waals surface area contributed by atoms with Crippen LogP contribution in [0.5, 0.6) is 5.75 Å². The van der Waals surface area contributed by atoms with Crippen molar-refractivity contribution in [3.05, 3.63) is 104 Å². The monoisotopic (exact) mass is 590 g/mol. The predicted molar refractivity (Wildman–Crippen MR) is 142 cm³/mol. The molecule has 0 aliphatic heterocycles. The first-order valence-corrected chi connectivity index (χ1v) is 12.7. The number of aromatic amines is 1. The summed E-state index contributed by atoms with van der Waals surface area (Å²) in [4.78, 5) is 31.9. The van der Waals surface area contributed by atoms with Gasteiger partial charge >= 0.3 is 6.36 Å². The zero-order chi connectivity index (χ0) is 28.2. The molecule has 1 aromatic heterocycles. The van der Waals surface area contributed by atoms with Crippen molar-refractivity contribution in [2.45, 2.75) is 17.3 Å². The number of ether oxygens (including phenoxy) is 1. The van der Waals surface area contributed by atoms with E-state index in [4.69, 9.17) is 23.2 Å². The smallest absolute Gasteiger partial charge is 0.405 e. The highest BCUT2D eigenvalue weighted by Gasteiger charge is 2.33. The van der Waals surface area contributed by atoms with Crippen LogP contribution in [0, 0.1) is 11.3 Å². The van der Waals surface area contributed by atoms with Gasteiger partial charge in [0.25, 0.3) is 11.5 Å². The summed E-state index contributed by atoms with van der Waals surface area (Å²) in [5, 5.41) is 12.9. The summed E-state index contributed by atoms with van der Waals surface area (Å²) in [5.74, 6) is -0.729. The molecule has 0 bridgehead atoms. The van der Waals surface area contributed by atoms with Crippen LogP contribution in [0.2, 0.25) is 10.0 Å². The van der Waals surface area contributed by atoms with E-state index in [1.54, 1.807) is 30.3 Å². The lowest BCUT2D eigenvalue weighted by Gasteiger charge is -2.14. The van der Waals surface area contributed by atoms with Crippen molar-refractivity contribution in [3.63, 3.8) is 0 Å². The van der Waals surface area contributed by atoms with E-state index in [-0.39, 0.29) is 27.2 Å². The third-order valence-corrected chi connectivity index (χ3v) is 6.80. The minimum absolute atomic E-state index is 0.0704. The molecule has 0 aliphatic rings. The van der Waals surface area contributed by atoms with Crippen molar-refractivity contribution in [1.29, 1.82) is 5.26 Å². The SMILES string of the molecule is N#Cc1c(-c2ccccc2OC(F)(F)F)nc(SCc2cccc(NC(=O)c3ccc(Cl)c(Cl)c3)c2)[nH]c1=O. The number of carbonyl (C=O) groups is 1. The number of carbonyl (C=O) groups excluding carboxylic acids is 1. The zero-order valence-electron chi connectivity index (χ0n) is 19.5. The van der Waals surface area contributed by atoms with Crippen molar-refractivity contribution in [1.82, 2.24) is 9.97 Å². The van der Waals surface area contributed by atoms with Gasteiger partial charge in [0.2, 0.25) is 0 Å². The Balaban J connectivity index is 1.56. The first kappa shape index (κ1) is 28.0. The molecular formula is C26H15Cl2F3N4O3S. The number of thioether (sulfide) groups is 1. The van der Waals surface area contributed by atoms with Gasteiger partial charge in [-0.2, -0.15) is 5.26 Å². The summed E-state index contributed by atoms with van der Waals surface area (Å²) >= 11 is 13.0. The van der Waals surface area contributed by atoms with Gasteiger partial charge in [0, 0.05) is 22.6 Å². The molecule has 0 aliphatic carbocycles. The number of nitrogens with zero attached hydrogens (tertiary/aromatic N) is 2. The van der Waals surface area contributed by atoms with Crippen LogP contribution in [-0.2, 0) is 5.75 Å². The molecule has 39 heavy (non-hydrogen) atoms. The van der Waals surface area contributed by atoms with Gasteiger partial charge in [-0.3, -0.25) is 9.59 Å². The third-order valence-electron chi connectivity index (χ3n) is 5.12. The van der Waals surface area contributed by atoms with Gasteiger partial charge in [0.05, 0.1) is 10.0 Å². The molecule has 4 rings (SSSR count). The van der Waals surface area contributed by atoms with Gasteiger partial charge in [-0.1, -0.05) is 59.2 Å². The van der Waals surface area contributed by atoms with E-state index < -0.39 is 29.1 Å². The Labute approximate surface area is 233 Å². The Morgan fingerprint density at radius 1 is 1.08 bits per heavy atom. The predicted octanol–water partition coefficient (Wildman–Crippen LogP) is 7.06. The Kier molecular flexibility index (Phi) is 8.50. The van der Waals surface area contributed by atoms with Gasteiger partial charge in [-0.25, -0.2) is 4.98 Å². The van der Waals surface area contributed by atoms with E-state index in [2.05, 4.69) is 20.0 Å². The number of benzene rings is 3. The maximum absolute atomic E-state index is 12.9. The number of amides is 1. The van der Waals surface area contributed by atoms with Crippen LogP contribution in [0.3, 0.4) is 0 Å². The van der Waals surface area contributed by atoms with Crippen molar-refractivity contribution in [2.24, 2.45) is 0 Å². The number of anilines is 1. The second-order valence-corrected chi connectivity index (χ2v) is 9.60. The Morgan fingerprint density at radius 3 is 2.56 bits per heavy atom. The Bertz CT molecular complexity index is 1650. The molecule has 1 heterocycles. The van der Waals surface area contributed by atoms with Gasteiger partial charge < -0.3 is 15.0 Å². The zero-order valence-corrected chi connectivity index (χ0v) is 21.8. The number of halogens is 5. The number of rotatable bonds is 7. The lowest BCUT2D eigenvalue weighted by atomic mass is 10.1. The van der Waals surface area contributed by atoms with Crippen LogP contribution >= 0.6 is 35.0 Å². The molecular weight excluding hydrogens is 576 g/mol. The average Bonchev–Trinajstić information content (AvgIpc) is 2.88. The van der Waals surface area contributed by atoms with Gasteiger partial charge in [-0.05, 0) is 48.0 Å². The van der Waals surface area contributed by atoms with Crippen LogP contribution in [0.15, 0.2) is 76.7 Å². The molecule has 0 spiro atoms. The van der Waals surface area contributed by atoms with E-state index in [0.717, 1.165) is 23.4 Å². The average molecular weight is 591 g/mol. The summed E-state index contributed by atoms with van der Waals surface area (Å²) in [6, 6.07) is 18.2. The maximum atomic E-state index is 12.9. The van der Waals surface area contributed by atoms with Crippen LogP contribution in [0.25, 0.3) is 11.3 Å². The molecule has 3 aromatic carbocycles. The summed E-state index contributed by atoms with van der Waals surface area (Å²) in [6.07, 6.45) is -4.98. The molecule has 0 unspecified atom stereocenters. The Morgan fingerprint density at radius 2 is 1.85 bits per heavy atom. The highest BCUT2D eigenvalue weighted by atomic mass is 35.5. The maximum Gasteiger partial charge on any atom is 0.573 e. The lowest BCUT2D eigenvalue weighted by Crippen LogP contribution is -2.19. The van der Waals surface area contributed by atoms with E-state index in [1.165, 1.54) is 36.4 Å². The molecule has 0 saturated carbocycles. The highest BCUT2D eigenvalue weighted by molar-refractivity contribution is 7.98. The number of hydrogen-bond donors (Lipinski definition) is 2. The van der Waals surface area contributed by atoms with E-state index >= 15 is 0 Å². The summed E-state index contributed by atoms with van der Waals surface area (Å²) in [7, 11) is 0. The largest absolute Gasteiger partial charge is 0.573 e.